The van der Waals surface area contributed by atoms with E-state index in [0.29, 0.717) is 11.8 Å². The van der Waals surface area contributed by atoms with Crippen LogP contribution in [0.3, 0.4) is 0 Å². The largest absolute Gasteiger partial charge is 0.481 e. The van der Waals surface area contributed by atoms with Crippen LogP contribution in [0.2, 0.25) is 0 Å². The van der Waals surface area contributed by atoms with Crippen molar-refractivity contribution in [1.82, 2.24) is 10.1 Å². The quantitative estimate of drug-likeness (QED) is 0.870. The highest BCUT2D eigenvalue weighted by Gasteiger charge is 2.65. The standard InChI is InChI=1S/C12H16N2O3/c1-12(2)7(8(12)11(15)16)10-13-9(14-17-10)6-4-3-5-6/h6-8H,3-5H2,1-2H3,(H,15,16). The van der Waals surface area contributed by atoms with Gasteiger partial charge in [0.05, 0.1) is 11.8 Å². The molecule has 92 valence electrons. The molecule has 0 aromatic carbocycles. The number of carbonyl (C=O) groups is 1. The van der Waals surface area contributed by atoms with E-state index < -0.39 is 11.9 Å². The fourth-order valence-corrected chi connectivity index (χ4v) is 2.77. The monoisotopic (exact) mass is 236 g/mol. The molecule has 2 atom stereocenters. The zero-order valence-corrected chi connectivity index (χ0v) is 10.0. The van der Waals surface area contributed by atoms with Crippen LogP contribution in [-0.4, -0.2) is 21.2 Å². The first-order valence-electron chi connectivity index (χ1n) is 6.08. The average molecular weight is 236 g/mol. The third-order valence-corrected chi connectivity index (χ3v) is 4.29. The maximum Gasteiger partial charge on any atom is 0.307 e. The van der Waals surface area contributed by atoms with E-state index >= 15 is 0 Å². The van der Waals surface area contributed by atoms with Crippen LogP contribution in [0, 0.1) is 11.3 Å². The van der Waals surface area contributed by atoms with Crippen molar-refractivity contribution in [2.45, 2.75) is 44.9 Å². The third kappa shape index (κ3) is 1.48. The first-order valence-corrected chi connectivity index (χ1v) is 6.08. The molecule has 1 heterocycles. The van der Waals surface area contributed by atoms with Crippen molar-refractivity contribution in [3.8, 4) is 0 Å². The van der Waals surface area contributed by atoms with Crippen molar-refractivity contribution < 1.29 is 14.4 Å². The number of aliphatic carboxylic acids is 1. The number of hydrogen-bond acceptors (Lipinski definition) is 4. The van der Waals surface area contributed by atoms with Crippen LogP contribution in [0.1, 0.15) is 56.7 Å². The van der Waals surface area contributed by atoms with Crippen molar-refractivity contribution in [2.75, 3.05) is 0 Å². The Hall–Kier alpha value is -1.39. The van der Waals surface area contributed by atoms with E-state index in [4.69, 9.17) is 9.63 Å². The van der Waals surface area contributed by atoms with Crippen molar-refractivity contribution >= 4 is 5.97 Å². The van der Waals surface area contributed by atoms with E-state index in [-0.39, 0.29) is 11.3 Å². The van der Waals surface area contributed by atoms with Gasteiger partial charge in [-0.3, -0.25) is 4.79 Å². The minimum Gasteiger partial charge on any atom is -0.481 e. The highest BCUT2D eigenvalue weighted by molar-refractivity contribution is 5.77. The fourth-order valence-electron chi connectivity index (χ4n) is 2.77. The summed E-state index contributed by atoms with van der Waals surface area (Å²) < 4.78 is 5.24. The summed E-state index contributed by atoms with van der Waals surface area (Å²) in [6.45, 7) is 3.87. The Kier molecular flexibility index (Phi) is 2.09. The van der Waals surface area contributed by atoms with Gasteiger partial charge in [0.15, 0.2) is 5.82 Å². The van der Waals surface area contributed by atoms with Gasteiger partial charge in [-0.2, -0.15) is 4.98 Å². The first kappa shape index (κ1) is 10.7. The molecule has 0 spiro atoms. The molecule has 2 fully saturated rings. The van der Waals surface area contributed by atoms with E-state index in [1.165, 1.54) is 6.42 Å². The highest BCUT2D eigenvalue weighted by Crippen LogP contribution is 2.64. The summed E-state index contributed by atoms with van der Waals surface area (Å²) in [7, 11) is 0. The minimum atomic E-state index is -0.775. The van der Waals surface area contributed by atoms with Crippen LogP contribution in [0.5, 0.6) is 0 Å². The molecule has 2 unspecified atom stereocenters. The van der Waals surface area contributed by atoms with E-state index in [1.54, 1.807) is 0 Å². The summed E-state index contributed by atoms with van der Waals surface area (Å²) in [4.78, 5) is 15.5. The highest BCUT2D eigenvalue weighted by atomic mass is 16.5. The van der Waals surface area contributed by atoms with Gasteiger partial charge in [-0.1, -0.05) is 25.4 Å². The maximum absolute atomic E-state index is 11.1. The molecule has 2 saturated carbocycles. The smallest absolute Gasteiger partial charge is 0.307 e. The summed E-state index contributed by atoms with van der Waals surface area (Å²) in [5, 5.41) is 13.1. The molecule has 0 radical (unpaired) electrons. The maximum atomic E-state index is 11.1. The Bertz CT molecular complexity index is 462. The minimum absolute atomic E-state index is 0.124. The average Bonchev–Trinajstić information content (AvgIpc) is 2.54. The lowest BCUT2D eigenvalue weighted by Crippen LogP contribution is -2.10. The third-order valence-electron chi connectivity index (χ3n) is 4.29. The fraction of sp³-hybridized carbons (Fsp3) is 0.750. The van der Waals surface area contributed by atoms with Crippen LogP contribution in [0.4, 0.5) is 0 Å². The predicted molar refractivity (Wildman–Crippen MR) is 58.5 cm³/mol. The number of aromatic nitrogens is 2. The Morgan fingerprint density at radius 2 is 2.18 bits per heavy atom. The van der Waals surface area contributed by atoms with Gasteiger partial charge in [0, 0.05) is 5.92 Å². The van der Waals surface area contributed by atoms with E-state index in [2.05, 4.69) is 10.1 Å². The van der Waals surface area contributed by atoms with Crippen molar-refractivity contribution in [3.63, 3.8) is 0 Å². The van der Waals surface area contributed by atoms with Gasteiger partial charge in [0.1, 0.15) is 0 Å². The lowest BCUT2D eigenvalue weighted by atomic mass is 9.85. The van der Waals surface area contributed by atoms with Crippen molar-refractivity contribution in [3.05, 3.63) is 11.7 Å². The second kappa shape index (κ2) is 3.31. The van der Waals surface area contributed by atoms with Crippen molar-refractivity contribution in [1.29, 1.82) is 0 Å². The number of nitrogens with zero attached hydrogens (tertiary/aromatic N) is 2. The first-order chi connectivity index (χ1) is 8.01. The lowest BCUT2D eigenvalue weighted by Gasteiger charge is -2.20. The molecule has 3 rings (SSSR count). The molecule has 1 N–H and O–H groups in total. The number of carboxylic acids is 1. The van der Waals surface area contributed by atoms with E-state index in [1.807, 2.05) is 13.8 Å². The molecule has 5 nitrogen and oxygen atoms in total. The number of carboxylic acid groups (broad SMARTS) is 1. The zero-order valence-electron chi connectivity index (χ0n) is 10.0. The van der Waals surface area contributed by atoms with Gasteiger partial charge in [0.25, 0.3) is 0 Å². The molecular weight excluding hydrogens is 220 g/mol. The molecule has 2 aliphatic carbocycles. The zero-order chi connectivity index (χ0) is 12.2. The Morgan fingerprint density at radius 3 is 2.65 bits per heavy atom. The van der Waals surface area contributed by atoms with Gasteiger partial charge in [0.2, 0.25) is 5.89 Å². The van der Waals surface area contributed by atoms with Gasteiger partial charge >= 0.3 is 5.97 Å². The van der Waals surface area contributed by atoms with E-state index in [0.717, 1.165) is 18.7 Å². The van der Waals surface area contributed by atoms with Gasteiger partial charge in [-0.25, -0.2) is 0 Å². The summed E-state index contributed by atoms with van der Waals surface area (Å²) in [5.41, 5.74) is -0.269. The molecular formula is C12H16N2O3. The second-order valence-electron chi connectivity index (χ2n) is 5.73. The molecule has 0 aliphatic heterocycles. The summed E-state index contributed by atoms with van der Waals surface area (Å²) >= 11 is 0. The molecule has 1 aromatic heterocycles. The predicted octanol–water partition coefficient (Wildman–Crippen LogP) is 2.16. The normalized spacial score (nSPS) is 30.9. The molecule has 5 heteroatoms. The van der Waals surface area contributed by atoms with Crippen LogP contribution < -0.4 is 0 Å². The molecule has 17 heavy (non-hydrogen) atoms. The molecule has 1 aromatic rings. The molecule has 0 amide bonds. The van der Waals surface area contributed by atoms with Crippen molar-refractivity contribution in [2.24, 2.45) is 11.3 Å². The molecule has 0 bridgehead atoms. The number of hydrogen-bond donors (Lipinski definition) is 1. The van der Waals surface area contributed by atoms with Crippen LogP contribution in [0.15, 0.2) is 4.52 Å². The summed E-state index contributed by atoms with van der Waals surface area (Å²) in [6.07, 6.45) is 3.46. The van der Waals surface area contributed by atoms with Crippen LogP contribution in [-0.2, 0) is 4.79 Å². The number of rotatable bonds is 3. The van der Waals surface area contributed by atoms with E-state index in [9.17, 15) is 4.79 Å². The topological polar surface area (TPSA) is 76.2 Å². The van der Waals surface area contributed by atoms with Gasteiger partial charge < -0.3 is 9.63 Å². The lowest BCUT2D eigenvalue weighted by molar-refractivity contribution is -0.139. The Balaban J connectivity index is 1.81. The molecule has 2 aliphatic rings. The van der Waals surface area contributed by atoms with Gasteiger partial charge in [-0.05, 0) is 18.3 Å². The van der Waals surface area contributed by atoms with Crippen LogP contribution >= 0.6 is 0 Å². The van der Waals surface area contributed by atoms with Crippen LogP contribution in [0.25, 0.3) is 0 Å². The summed E-state index contributed by atoms with van der Waals surface area (Å²) in [5.74, 6) is 0.405. The Morgan fingerprint density at radius 1 is 1.47 bits per heavy atom. The molecule has 0 saturated heterocycles. The SMILES string of the molecule is CC1(C)C(C(=O)O)C1c1nc(C2CCC2)no1. The Labute approximate surface area is 99.2 Å². The summed E-state index contributed by atoms with van der Waals surface area (Å²) in [6, 6.07) is 0. The second-order valence-corrected chi connectivity index (χ2v) is 5.73. The van der Waals surface area contributed by atoms with Gasteiger partial charge in [-0.15, -0.1) is 0 Å².